The van der Waals surface area contributed by atoms with Crippen LogP contribution in [0.4, 0.5) is 0 Å². The van der Waals surface area contributed by atoms with Crippen molar-refractivity contribution in [1.82, 2.24) is 5.32 Å². The van der Waals surface area contributed by atoms with Crippen LogP contribution in [-0.4, -0.2) is 6.04 Å². The smallest absolute Gasteiger partial charge is 0.0219 e. The summed E-state index contributed by atoms with van der Waals surface area (Å²) >= 11 is 1.84. The monoisotopic (exact) mass is 261 g/mol. The first-order chi connectivity index (χ1) is 8.83. The summed E-state index contributed by atoms with van der Waals surface area (Å²) in [6, 6.07) is 0.827. The molecule has 3 saturated carbocycles. The molecular weight excluding hydrogens is 238 g/mol. The van der Waals surface area contributed by atoms with Gasteiger partial charge in [-0.1, -0.05) is 6.42 Å². The highest BCUT2D eigenvalue weighted by atomic mass is 32.1. The van der Waals surface area contributed by atoms with Crippen LogP contribution in [0.5, 0.6) is 0 Å². The molecule has 5 atom stereocenters. The molecule has 4 rings (SSSR count). The predicted octanol–water partition coefficient (Wildman–Crippen LogP) is 3.97. The van der Waals surface area contributed by atoms with Crippen LogP contribution in [0.3, 0.4) is 0 Å². The summed E-state index contributed by atoms with van der Waals surface area (Å²) < 4.78 is 0. The highest BCUT2D eigenvalue weighted by molar-refractivity contribution is 7.08. The fraction of sp³-hybridized carbons (Fsp3) is 0.750. The van der Waals surface area contributed by atoms with Crippen molar-refractivity contribution in [3.63, 3.8) is 0 Å². The van der Waals surface area contributed by atoms with E-state index in [4.69, 9.17) is 0 Å². The minimum atomic E-state index is 0.827. The molecule has 1 heterocycles. The van der Waals surface area contributed by atoms with E-state index in [1.807, 2.05) is 11.3 Å². The summed E-state index contributed by atoms with van der Waals surface area (Å²) in [5, 5.41) is 8.46. The number of hydrogen-bond acceptors (Lipinski definition) is 2. The van der Waals surface area contributed by atoms with Crippen LogP contribution in [0.1, 0.15) is 43.2 Å². The molecule has 0 radical (unpaired) electrons. The van der Waals surface area contributed by atoms with Gasteiger partial charge < -0.3 is 5.32 Å². The summed E-state index contributed by atoms with van der Waals surface area (Å²) in [4.78, 5) is 0. The molecule has 0 amide bonds. The molecule has 0 spiro atoms. The zero-order chi connectivity index (χ0) is 12.1. The van der Waals surface area contributed by atoms with Gasteiger partial charge in [-0.3, -0.25) is 0 Å². The molecule has 0 aromatic carbocycles. The molecule has 98 valence electrons. The van der Waals surface area contributed by atoms with Crippen LogP contribution in [0.25, 0.3) is 0 Å². The van der Waals surface area contributed by atoms with Gasteiger partial charge >= 0.3 is 0 Å². The summed E-state index contributed by atoms with van der Waals surface area (Å²) in [7, 11) is 0. The molecular formula is C16H23NS. The highest BCUT2D eigenvalue weighted by Gasteiger charge is 2.53. The van der Waals surface area contributed by atoms with Gasteiger partial charge in [0, 0.05) is 12.6 Å². The van der Waals surface area contributed by atoms with E-state index >= 15 is 0 Å². The lowest BCUT2D eigenvalue weighted by Gasteiger charge is -2.32. The fourth-order valence-corrected chi connectivity index (χ4v) is 5.97. The number of aryl methyl sites for hydroxylation is 1. The van der Waals surface area contributed by atoms with E-state index in [0.29, 0.717) is 0 Å². The van der Waals surface area contributed by atoms with Gasteiger partial charge in [-0.05, 0) is 78.2 Å². The lowest BCUT2D eigenvalue weighted by atomic mass is 9.79. The van der Waals surface area contributed by atoms with Crippen LogP contribution in [-0.2, 0) is 6.54 Å². The van der Waals surface area contributed by atoms with E-state index in [-0.39, 0.29) is 0 Å². The van der Waals surface area contributed by atoms with Crippen molar-refractivity contribution in [2.45, 2.75) is 51.6 Å². The Hall–Kier alpha value is -0.340. The Morgan fingerprint density at radius 1 is 1.17 bits per heavy atom. The molecule has 3 aliphatic carbocycles. The summed E-state index contributed by atoms with van der Waals surface area (Å²) in [6.45, 7) is 3.34. The van der Waals surface area contributed by atoms with Gasteiger partial charge in [0.05, 0.1) is 0 Å². The quantitative estimate of drug-likeness (QED) is 0.868. The van der Waals surface area contributed by atoms with Gasteiger partial charge in [0.2, 0.25) is 0 Å². The van der Waals surface area contributed by atoms with Crippen LogP contribution in [0.15, 0.2) is 10.8 Å². The second kappa shape index (κ2) is 4.35. The van der Waals surface area contributed by atoms with Crippen molar-refractivity contribution in [3.8, 4) is 0 Å². The molecule has 1 nitrogen and oxygen atoms in total. The fourth-order valence-electron chi connectivity index (χ4n) is 5.11. The van der Waals surface area contributed by atoms with Crippen molar-refractivity contribution in [3.05, 3.63) is 21.9 Å². The van der Waals surface area contributed by atoms with Gasteiger partial charge in [0.25, 0.3) is 0 Å². The number of thiophene rings is 1. The van der Waals surface area contributed by atoms with E-state index in [1.54, 1.807) is 6.42 Å². The van der Waals surface area contributed by atoms with Gasteiger partial charge in [0.15, 0.2) is 0 Å². The molecule has 2 bridgehead atoms. The third-order valence-corrected chi connectivity index (χ3v) is 6.86. The molecule has 5 unspecified atom stereocenters. The van der Waals surface area contributed by atoms with Crippen LogP contribution < -0.4 is 5.32 Å². The van der Waals surface area contributed by atoms with Gasteiger partial charge in [-0.2, -0.15) is 11.3 Å². The number of nitrogens with one attached hydrogen (secondary N) is 1. The third-order valence-electron chi connectivity index (χ3n) is 5.95. The van der Waals surface area contributed by atoms with E-state index in [2.05, 4.69) is 23.0 Å². The predicted molar refractivity (Wildman–Crippen MR) is 76.7 cm³/mol. The molecule has 1 aromatic rings. The Balaban J connectivity index is 1.41. The Labute approximate surface area is 114 Å². The first-order valence-corrected chi connectivity index (χ1v) is 8.52. The van der Waals surface area contributed by atoms with Crippen LogP contribution >= 0.6 is 11.3 Å². The van der Waals surface area contributed by atoms with Gasteiger partial charge in [-0.25, -0.2) is 0 Å². The zero-order valence-electron chi connectivity index (χ0n) is 11.2. The lowest BCUT2D eigenvalue weighted by molar-refractivity contribution is 0.208. The largest absolute Gasteiger partial charge is 0.310 e. The van der Waals surface area contributed by atoms with Gasteiger partial charge in [-0.15, -0.1) is 0 Å². The SMILES string of the molecule is Cc1cscc1CNC1CC2CC1C1CCCC21. The van der Waals surface area contributed by atoms with E-state index in [0.717, 1.165) is 36.3 Å². The maximum atomic E-state index is 3.88. The second-order valence-corrected chi connectivity index (χ2v) is 7.46. The summed E-state index contributed by atoms with van der Waals surface area (Å²) in [5.74, 6) is 4.30. The van der Waals surface area contributed by atoms with E-state index in [1.165, 1.54) is 36.8 Å². The number of hydrogen-bond donors (Lipinski definition) is 1. The van der Waals surface area contributed by atoms with Crippen molar-refractivity contribution in [1.29, 1.82) is 0 Å². The third kappa shape index (κ3) is 1.69. The Morgan fingerprint density at radius 2 is 2.06 bits per heavy atom. The average molecular weight is 261 g/mol. The minimum Gasteiger partial charge on any atom is -0.310 e. The maximum Gasteiger partial charge on any atom is 0.0219 e. The van der Waals surface area contributed by atoms with Crippen LogP contribution in [0, 0.1) is 30.6 Å². The molecule has 18 heavy (non-hydrogen) atoms. The van der Waals surface area contributed by atoms with Crippen molar-refractivity contribution in [2.24, 2.45) is 23.7 Å². The highest BCUT2D eigenvalue weighted by Crippen LogP contribution is 2.58. The van der Waals surface area contributed by atoms with E-state index < -0.39 is 0 Å². The van der Waals surface area contributed by atoms with E-state index in [9.17, 15) is 0 Å². The minimum absolute atomic E-state index is 0.827. The molecule has 3 fully saturated rings. The Morgan fingerprint density at radius 3 is 2.89 bits per heavy atom. The number of rotatable bonds is 3. The maximum absolute atomic E-state index is 3.88. The lowest BCUT2D eigenvalue weighted by Crippen LogP contribution is -2.38. The topological polar surface area (TPSA) is 12.0 Å². The van der Waals surface area contributed by atoms with Gasteiger partial charge in [0.1, 0.15) is 0 Å². The number of fused-ring (bicyclic) bond motifs is 5. The molecule has 3 aliphatic rings. The van der Waals surface area contributed by atoms with Crippen molar-refractivity contribution in [2.75, 3.05) is 0 Å². The first kappa shape index (κ1) is 11.5. The van der Waals surface area contributed by atoms with Crippen molar-refractivity contribution >= 4 is 11.3 Å². The first-order valence-electron chi connectivity index (χ1n) is 7.58. The average Bonchev–Trinajstić information content (AvgIpc) is 3.08. The Kier molecular flexibility index (Phi) is 2.77. The standard InChI is InChI=1S/C16H23NS/c1-10-8-18-9-12(10)7-17-16-6-11-5-15(16)14-4-2-3-13(11)14/h8-9,11,13-17H,2-7H2,1H3. The summed E-state index contributed by atoms with van der Waals surface area (Å²) in [5.41, 5.74) is 2.99. The second-order valence-electron chi connectivity index (χ2n) is 6.72. The Bertz CT molecular complexity index is 438. The molecule has 2 heteroatoms. The molecule has 0 saturated heterocycles. The molecule has 0 aliphatic heterocycles. The molecule has 1 aromatic heterocycles. The van der Waals surface area contributed by atoms with Crippen LogP contribution in [0.2, 0.25) is 0 Å². The molecule has 1 N–H and O–H groups in total. The normalized spacial score (nSPS) is 41.5. The van der Waals surface area contributed by atoms with Crippen molar-refractivity contribution < 1.29 is 0 Å². The zero-order valence-corrected chi connectivity index (χ0v) is 12.0. The summed E-state index contributed by atoms with van der Waals surface area (Å²) in [6.07, 6.45) is 7.59.